The maximum atomic E-state index is 12.5. The number of hydrogen-bond acceptors (Lipinski definition) is 0. The van der Waals surface area contributed by atoms with Crippen LogP contribution < -0.4 is 0 Å². The van der Waals surface area contributed by atoms with Gasteiger partial charge in [0.15, 0.2) is 0 Å². The van der Waals surface area contributed by atoms with Crippen molar-refractivity contribution < 1.29 is 25.1 Å². The Labute approximate surface area is 590 Å². The van der Waals surface area contributed by atoms with Gasteiger partial charge >= 0.3 is 20.4 Å². The first kappa shape index (κ1) is 90.0. The summed E-state index contributed by atoms with van der Waals surface area (Å²) in [6.45, 7) is 46.7. The van der Waals surface area contributed by atoms with Gasteiger partial charge in [0, 0.05) is 54.6 Å². The second kappa shape index (κ2) is 55.0. The molecule has 0 saturated carbocycles. The summed E-state index contributed by atoms with van der Waals surface area (Å²) >= 11 is 0. The second-order valence-corrected chi connectivity index (χ2v) is 55.5. The molecule has 0 bridgehead atoms. The largest absolute Gasteiger partial charge is 2.00 e. The second-order valence-electron chi connectivity index (χ2n) is 33.6. The normalized spacial score (nSPS) is 13.0. The molecule has 0 amide bonds. The van der Waals surface area contributed by atoms with Crippen LogP contribution >= 0.6 is 0 Å². The van der Waals surface area contributed by atoms with E-state index in [0.717, 1.165) is 62.8 Å². The van der Waals surface area contributed by atoms with Crippen LogP contribution in [0.1, 0.15) is 356 Å². The van der Waals surface area contributed by atoms with Crippen molar-refractivity contribution in [3.63, 3.8) is 0 Å². The fraction of sp³-hybridized carbons (Fsp3) is 0.786. The van der Waals surface area contributed by atoms with Gasteiger partial charge in [0.1, 0.15) is 0 Å². The topological polar surface area (TPSA) is 25.3 Å². The molecule has 0 atom stereocenters. The van der Waals surface area contributed by atoms with E-state index in [1.807, 2.05) is 0 Å². The first-order chi connectivity index (χ1) is 42.9. The van der Waals surface area contributed by atoms with Crippen molar-refractivity contribution in [1.29, 1.82) is 0 Å². The van der Waals surface area contributed by atoms with Gasteiger partial charge in [-0.05, 0) is 96.4 Å². The van der Waals surface area contributed by atoms with Gasteiger partial charge in [-0.2, -0.15) is 12.8 Å². The summed E-state index contributed by atoms with van der Waals surface area (Å²) < 4.78 is 1.66. The number of hydrogen-bond donors (Lipinski definition) is 0. The van der Waals surface area contributed by atoms with Crippen molar-refractivity contribution >= 4 is 43.7 Å². The molecule has 1 heterocycles. The Hall–Kier alpha value is -0.950. The van der Waals surface area contributed by atoms with Crippen molar-refractivity contribution in [2.45, 2.75) is 426 Å². The Morgan fingerprint density at radius 1 is 0.275 bits per heavy atom. The van der Waals surface area contributed by atoms with E-state index in [2.05, 4.69) is 157 Å². The van der Waals surface area contributed by atoms with Gasteiger partial charge in [-0.15, -0.1) is 0 Å². The zero-order valence-corrected chi connectivity index (χ0v) is 70.0. The van der Waals surface area contributed by atoms with Crippen LogP contribution in [0.4, 0.5) is 0 Å². The Morgan fingerprint density at radius 2 is 0.451 bits per heavy atom. The van der Waals surface area contributed by atoms with E-state index in [9.17, 15) is 5.53 Å². The molecule has 0 spiro atoms. The maximum absolute atomic E-state index is 12.5. The molecule has 0 aliphatic carbocycles. The first-order valence-corrected chi connectivity index (χ1v) is 54.6. The van der Waals surface area contributed by atoms with Crippen LogP contribution in [0.2, 0.25) is 78.6 Å². The first-order valence-electron chi connectivity index (χ1n) is 39.7. The molecule has 3 rings (SSSR count). The molecular weight excluding hydrogens is 1260 g/mol. The number of nitrogens with zero attached hydrogens (tertiary/aromatic N) is 2. The molecule has 1 aliphatic heterocycles. The molecule has 0 fully saturated rings. The van der Waals surface area contributed by atoms with Crippen LogP contribution in [0, 0.1) is 13.8 Å². The van der Waals surface area contributed by atoms with Crippen molar-refractivity contribution in [2.75, 3.05) is 0 Å². The quantitative estimate of drug-likeness (QED) is 0.0273. The summed E-state index contributed by atoms with van der Waals surface area (Å²) in [5, 5.41) is 0. The smallest absolute Gasteiger partial charge is 0.493 e. The molecule has 7 heteroatoms. The van der Waals surface area contributed by atoms with Crippen LogP contribution in [-0.4, -0.2) is 37.0 Å². The fourth-order valence-electron chi connectivity index (χ4n) is 13.7. The third-order valence-corrected chi connectivity index (χ3v) is 24.1. The van der Waals surface area contributed by atoms with Gasteiger partial charge < -0.3 is 19.4 Å². The number of allylic oxidation sites excluding steroid dienone is 2. The van der Waals surface area contributed by atoms with E-state index in [1.165, 1.54) is 313 Å². The summed E-state index contributed by atoms with van der Waals surface area (Å²) in [4.78, 5) is 0. The van der Waals surface area contributed by atoms with Gasteiger partial charge in [-0.25, -0.2) is 4.70 Å². The Balaban J connectivity index is 0.00000151. The molecular formula is C84H158N2PdSi4. The van der Waals surface area contributed by atoms with Crippen LogP contribution in [-0.2, 0) is 44.6 Å². The van der Waals surface area contributed by atoms with E-state index < -0.39 is 32.3 Å². The summed E-state index contributed by atoms with van der Waals surface area (Å²) in [7, 11) is -5.32. The molecule has 91 heavy (non-hydrogen) atoms. The van der Waals surface area contributed by atoms with Crippen molar-refractivity contribution in [2.24, 2.45) is 0 Å². The summed E-state index contributed by atoms with van der Waals surface area (Å²) in [5.74, 6) is 0. The minimum absolute atomic E-state index is 0. The number of rotatable bonds is 54. The predicted octanol–water partition coefficient (Wildman–Crippen LogP) is 30.2. The van der Waals surface area contributed by atoms with Crippen molar-refractivity contribution in [3.8, 4) is 0 Å². The Kier molecular flexibility index (Phi) is 54.4. The zero-order chi connectivity index (χ0) is 66.9. The summed E-state index contributed by atoms with van der Waals surface area (Å²) in [6, 6.07) is 19.4. The standard InChI is InChI=1S/C40H68N2Si4.2C22H45.Pd/c1-15-17-19-37-38(20-18-16-2)40(36-25-33(29-45(9,10)11)22-34(26-36)30-46(12,13)14)42(41)39(37)35-23-31(27-43(3,4)5)21-32(24-35)28-44(6,7)8;2*1-3-5-7-9-11-13-15-17-19-21-22-20-18-16-14-12-10-8-6-4-2;/h21-26H,15-20,27-30H2,1-14H3;2*1,3-22H2,2H3;/q;2*-1;+2. The summed E-state index contributed by atoms with van der Waals surface area (Å²) in [5.41, 5.74) is 25.7. The molecule has 530 valence electrons. The van der Waals surface area contributed by atoms with Crippen LogP contribution in [0.3, 0.4) is 0 Å². The van der Waals surface area contributed by atoms with Gasteiger partial charge in [0.25, 0.3) is 0 Å². The van der Waals surface area contributed by atoms with Gasteiger partial charge in [-0.1, -0.05) is 375 Å². The Bertz CT molecular complexity index is 1890. The minimum Gasteiger partial charge on any atom is -0.493 e. The monoisotopic (exact) mass is 1410 g/mol. The molecule has 0 saturated heterocycles. The Morgan fingerprint density at radius 3 is 0.615 bits per heavy atom. The maximum Gasteiger partial charge on any atom is 2.00 e. The predicted molar refractivity (Wildman–Crippen MR) is 424 cm³/mol. The molecule has 0 radical (unpaired) electrons. The van der Waals surface area contributed by atoms with E-state index in [1.54, 1.807) is 4.70 Å². The van der Waals surface area contributed by atoms with Crippen molar-refractivity contribution in [1.82, 2.24) is 0 Å². The van der Waals surface area contributed by atoms with Crippen LogP contribution in [0.15, 0.2) is 47.5 Å². The van der Waals surface area contributed by atoms with E-state index in [-0.39, 0.29) is 20.4 Å². The summed E-state index contributed by atoms with van der Waals surface area (Å²) in [6.07, 6.45) is 64.2. The zero-order valence-electron chi connectivity index (χ0n) is 64.4. The van der Waals surface area contributed by atoms with E-state index in [0.29, 0.717) is 0 Å². The van der Waals surface area contributed by atoms with Gasteiger partial charge in [0.2, 0.25) is 11.4 Å². The van der Waals surface area contributed by atoms with E-state index in [4.69, 9.17) is 0 Å². The molecule has 2 nitrogen and oxygen atoms in total. The van der Waals surface area contributed by atoms with Crippen LogP contribution in [0.5, 0.6) is 0 Å². The van der Waals surface area contributed by atoms with Gasteiger partial charge in [0.05, 0.1) is 0 Å². The molecule has 0 N–H and O–H groups in total. The molecule has 1 aliphatic rings. The SMILES string of the molecule is CCCCC1=C(c2cc(C[Si](C)(C)C)cc(C[Si](C)(C)C)c2)[N+](=[N-])C(c2cc(C[Si](C)(C)C)cc(C[Si](C)(C)C)c2)=C1CCCC.[CH2-]CCCCCCCCCCCCCCCCCCCCC.[CH2-]CCCCCCCCCCCCCCCCCCCCC.[Pd+2]. The average molecular weight is 1410 g/mol. The molecule has 0 aromatic heterocycles. The van der Waals surface area contributed by atoms with Crippen LogP contribution in [0.25, 0.3) is 16.9 Å². The fourth-order valence-corrected chi connectivity index (χ4v) is 19.4. The van der Waals surface area contributed by atoms with Crippen molar-refractivity contribution in [3.05, 3.63) is 100 Å². The number of benzene rings is 2. The number of unbranched alkanes of at least 4 members (excludes halogenated alkanes) is 40. The minimum atomic E-state index is -1.33. The molecule has 2 aromatic carbocycles. The molecule has 0 unspecified atom stereocenters. The van der Waals surface area contributed by atoms with E-state index >= 15 is 0 Å². The third-order valence-electron chi connectivity index (χ3n) is 18.2. The average Bonchev–Trinajstić information content (AvgIpc) is 1.62. The third kappa shape index (κ3) is 49.3. The van der Waals surface area contributed by atoms with Gasteiger partial charge in [-0.3, -0.25) is 0 Å². The molecule has 2 aromatic rings.